The molecule has 0 aromatic heterocycles. The molecule has 2 fully saturated rings. The molecule has 0 bridgehead atoms. The maximum Gasteiger partial charge on any atom is 0.387 e. The highest BCUT2D eigenvalue weighted by Gasteiger charge is 2.30. The Labute approximate surface area is 206 Å². The van der Waals surface area contributed by atoms with Crippen LogP contribution >= 0.6 is 0 Å². The smallest absolute Gasteiger partial charge is 0.387 e. The summed E-state index contributed by atoms with van der Waals surface area (Å²) in [6.45, 7) is -0.629. The monoisotopic (exact) mass is 491 g/mol. The fourth-order valence-electron chi connectivity index (χ4n) is 6.00. The van der Waals surface area contributed by atoms with Crippen molar-refractivity contribution in [2.75, 3.05) is 0 Å². The lowest BCUT2D eigenvalue weighted by atomic mass is 9.68. The van der Waals surface area contributed by atoms with Crippen LogP contribution in [0.25, 0.3) is 0 Å². The highest BCUT2D eigenvalue weighted by molar-refractivity contribution is 5.38. The number of hydrogen-bond donors (Lipinski definition) is 0. The molecule has 1 radical (unpaired) electrons. The minimum absolute atomic E-state index is 0.0245. The maximum atomic E-state index is 15.1. The minimum atomic E-state index is -2.93. The zero-order valence-electron chi connectivity index (χ0n) is 20.4. The number of hydrogen-bond acceptors (Lipinski definition) is 2. The van der Waals surface area contributed by atoms with E-state index in [1.165, 1.54) is 69.2 Å². The van der Waals surface area contributed by atoms with Gasteiger partial charge in [0.1, 0.15) is 17.3 Å². The lowest BCUT2D eigenvalue weighted by Crippen LogP contribution is -2.26. The summed E-state index contributed by atoms with van der Waals surface area (Å²) in [6, 6.07) is 8.99. The Balaban J connectivity index is 1.29. The Hall–Kier alpha value is -2.24. The van der Waals surface area contributed by atoms with Gasteiger partial charge in [-0.25, -0.2) is 8.78 Å². The average molecular weight is 492 g/mol. The summed E-state index contributed by atoms with van der Waals surface area (Å²) < 4.78 is 63.9. The summed E-state index contributed by atoms with van der Waals surface area (Å²) in [7, 11) is 0. The molecular weight excluding hydrogens is 456 g/mol. The minimum Gasteiger partial charge on any atom is -0.454 e. The van der Waals surface area contributed by atoms with Gasteiger partial charge in [-0.1, -0.05) is 39.0 Å². The topological polar surface area (TPSA) is 18.5 Å². The molecule has 2 aromatic carbocycles. The van der Waals surface area contributed by atoms with E-state index in [4.69, 9.17) is 4.74 Å². The maximum absolute atomic E-state index is 15.1. The Morgan fingerprint density at radius 2 is 1.43 bits per heavy atom. The van der Waals surface area contributed by atoms with Gasteiger partial charge in [0.15, 0.2) is 11.6 Å². The van der Waals surface area contributed by atoms with Crippen molar-refractivity contribution >= 4 is 0 Å². The Kier molecular flexibility index (Phi) is 8.96. The van der Waals surface area contributed by atoms with E-state index in [0.717, 1.165) is 43.1 Å². The van der Waals surface area contributed by atoms with E-state index >= 15 is 4.39 Å². The molecule has 2 aliphatic rings. The van der Waals surface area contributed by atoms with Crippen LogP contribution in [-0.2, 0) is 6.42 Å². The molecule has 0 amide bonds. The zero-order chi connectivity index (χ0) is 24.8. The van der Waals surface area contributed by atoms with Crippen molar-refractivity contribution in [1.82, 2.24) is 0 Å². The van der Waals surface area contributed by atoms with Gasteiger partial charge in [0.05, 0.1) is 0 Å². The SMILES string of the molecule is CC[C@H]1CC[C@H](C2CCC(CCc3c(F)c[c]c(Oc4ccc(OC(F)F)cc4)c3F)CC2)CC1. The lowest BCUT2D eigenvalue weighted by Gasteiger charge is -2.37. The molecule has 0 aliphatic heterocycles. The van der Waals surface area contributed by atoms with Gasteiger partial charge in [0, 0.05) is 11.6 Å². The summed E-state index contributed by atoms with van der Waals surface area (Å²) in [5.41, 5.74) is 0.0245. The van der Waals surface area contributed by atoms with Gasteiger partial charge >= 0.3 is 6.61 Å². The molecule has 2 aromatic rings. The van der Waals surface area contributed by atoms with Crippen molar-refractivity contribution in [3.8, 4) is 17.2 Å². The highest BCUT2D eigenvalue weighted by atomic mass is 19.3. The quantitative estimate of drug-likeness (QED) is 0.326. The first-order chi connectivity index (χ1) is 16.9. The van der Waals surface area contributed by atoms with Crippen molar-refractivity contribution in [2.45, 2.75) is 84.2 Å². The van der Waals surface area contributed by atoms with Crippen molar-refractivity contribution in [2.24, 2.45) is 23.7 Å². The Morgan fingerprint density at radius 3 is 2.00 bits per heavy atom. The van der Waals surface area contributed by atoms with Crippen LogP contribution in [-0.4, -0.2) is 6.61 Å². The summed E-state index contributed by atoms with van der Waals surface area (Å²) >= 11 is 0. The molecule has 0 heterocycles. The van der Waals surface area contributed by atoms with Gasteiger partial charge in [0.25, 0.3) is 0 Å². The highest BCUT2D eigenvalue weighted by Crippen LogP contribution is 2.43. The van der Waals surface area contributed by atoms with E-state index in [1.807, 2.05) is 0 Å². The van der Waals surface area contributed by atoms with Crippen LogP contribution in [0.1, 0.15) is 76.7 Å². The van der Waals surface area contributed by atoms with Crippen LogP contribution in [0, 0.1) is 41.4 Å². The third kappa shape index (κ3) is 6.92. The predicted octanol–water partition coefficient (Wildman–Crippen LogP) is 9.11. The van der Waals surface area contributed by atoms with Crippen molar-refractivity contribution in [3.63, 3.8) is 0 Å². The summed E-state index contributed by atoms with van der Waals surface area (Å²) in [6.07, 6.45) is 12.6. The van der Waals surface area contributed by atoms with E-state index in [9.17, 15) is 13.2 Å². The third-order valence-electron chi connectivity index (χ3n) is 8.18. The second kappa shape index (κ2) is 12.1. The molecule has 4 rings (SSSR count). The summed E-state index contributed by atoms with van der Waals surface area (Å²) in [5, 5.41) is 0. The van der Waals surface area contributed by atoms with E-state index in [-0.39, 0.29) is 22.8 Å². The molecule has 0 atom stereocenters. The van der Waals surface area contributed by atoms with Gasteiger partial charge < -0.3 is 9.47 Å². The van der Waals surface area contributed by atoms with Crippen molar-refractivity contribution in [3.05, 3.63) is 53.6 Å². The van der Waals surface area contributed by atoms with Crippen LogP contribution in [0.15, 0.2) is 30.3 Å². The number of alkyl halides is 2. The van der Waals surface area contributed by atoms with Crippen molar-refractivity contribution < 1.29 is 27.0 Å². The number of benzene rings is 2. The average Bonchev–Trinajstić information content (AvgIpc) is 2.87. The second-order valence-electron chi connectivity index (χ2n) is 10.2. The largest absolute Gasteiger partial charge is 0.454 e. The predicted molar refractivity (Wildman–Crippen MR) is 128 cm³/mol. The van der Waals surface area contributed by atoms with Gasteiger partial charge in [-0.05, 0) is 92.5 Å². The standard InChI is InChI=1S/C29H35F4O2/c1-2-19-3-8-21(9-4-19)22-10-5-20(6-11-22)7-16-25-26(30)17-18-27(28(25)31)34-23-12-14-24(15-13-23)35-29(32)33/h12-15,17,19-22,29H,2-11,16H2,1H3/t19-,20?,21-,22?. The molecule has 2 nitrogen and oxygen atoms in total. The molecular formula is C29H35F4O2. The second-order valence-corrected chi connectivity index (χ2v) is 10.2. The van der Waals surface area contributed by atoms with Gasteiger partial charge in [-0.2, -0.15) is 8.78 Å². The number of rotatable bonds is 9. The normalized spacial score (nSPS) is 25.0. The molecule has 6 heteroatoms. The van der Waals surface area contributed by atoms with Gasteiger partial charge in [-0.15, -0.1) is 0 Å². The van der Waals surface area contributed by atoms with Crippen LogP contribution in [0.2, 0.25) is 0 Å². The van der Waals surface area contributed by atoms with Gasteiger partial charge in [-0.3, -0.25) is 0 Å². The van der Waals surface area contributed by atoms with Crippen LogP contribution in [0.5, 0.6) is 17.2 Å². The molecule has 35 heavy (non-hydrogen) atoms. The third-order valence-corrected chi connectivity index (χ3v) is 8.18. The first-order valence-electron chi connectivity index (χ1n) is 13.0. The summed E-state index contributed by atoms with van der Waals surface area (Å²) in [5.74, 6) is 1.74. The zero-order valence-corrected chi connectivity index (χ0v) is 20.4. The molecule has 0 saturated heterocycles. The molecule has 0 spiro atoms. The first-order valence-corrected chi connectivity index (χ1v) is 13.0. The number of halogens is 4. The first kappa shape index (κ1) is 25.8. The molecule has 191 valence electrons. The van der Waals surface area contributed by atoms with Crippen molar-refractivity contribution in [1.29, 1.82) is 0 Å². The van der Waals surface area contributed by atoms with Crippen LogP contribution < -0.4 is 9.47 Å². The lowest BCUT2D eigenvalue weighted by molar-refractivity contribution is -0.0498. The molecule has 2 aliphatic carbocycles. The summed E-state index contributed by atoms with van der Waals surface area (Å²) in [4.78, 5) is 0. The Morgan fingerprint density at radius 1 is 0.857 bits per heavy atom. The van der Waals surface area contributed by atoms with Crippen LogP contribution in [0.3, 0.4) is 0 Å². The Bertz CT molecular complexity index is 930. The fraction of sp³-hybridized carbons (Fsp3) is 0.586. The van der Waals surface area contributed by atoms with E-state index in [2.05, 4.69) is 17.7 Å². The van der Waals surface area contributed by atoms with E-state index in [0.29, 0.717) is 12.3 Å². The van der Waals surface area contributed by atoms with Gasteiger partial charge in [0.2, 0.25) is 0 Å². The van der Waals surface area contributed by atoms with E-state index in [1.54, 1.807) is 0 Å². The molecule has 0 unspecified atom stereocenters. The fourth-order valence-corrected chi connectivity index (χ4v) is 6.00. The van der Waals surface area contributed by atoms with E-state index < -0.39 is 18.2 Å². The molecule has 2 saturated carbocycles. The number of ether oxygens (including phenoxy) is 2. The van der Waals surface area contributed by atoms with Crippen LogP contribution in [0.4, 0.5) is 17.6 Å². The molecule has 0 N–H and O–H groups in total.